The van der Waals surface area contributed by atoms with Crippen molar-refractivity contribution in [3.8, 4) is 0 Å². The third-order valence-electron chi connectivity index (χ3n) is 0. The predicted molar refractivity (Wildman–Crippen MR) is 20.2 cm³/mol. The van der Waals surface area contributed by atoms with Crippen LogP contribution in [0.2, 0.25) is 0 Å². The van der Waals surface area contributed by atoms with Crippen molar-refractivity contribution in [3.63, 3.8) is 0 Å². The molecule has 0 aromatic rings. The minimum absolute atomic E-state index is 0. The smallest absolute Gasteiger partial charge is 1.00 e. The SMILES string of the molecule is NO.O=S(=O)(O)O.[Br-].[K+]. The predicted octanol–water partition coefficient (Wildman–Crippen LogP) is -7.31. The molecular weight excluding hydrogens is 245 g/mol. The van der Waals surface area contributed by atoms with Gasteiger partial charge in [0.2, 0.25) is 0 Å². The second kappa shape index (κ2) is 12.6. The number of hydrogen-bond acceptors (Lipinski definition) is 4. The Kier molecular flexibility index (Phi) is 31.3. The van der Waals surface area contributed by atoms with Crippen LogP contribution >= 0.6 is 0 Å². The first kappa shape index (κ1) is 22.4. The van der Waals surface area contributed by atoms with Crippen molar-refractivity contribution in [2.45, 2.75) is 0 Å². The molecule has 0 aliphatic heterocycles. The van der Waals surface area contributed by atoms with Gasteiger partial charge in [-0.3, -0.25) is 9.11 Å². The number of hydrogen-bond donors (Lipinski definition) is 4. The minimum Gasteiger partial charge on any atom is -1.00 e. The van der Waals surface area contributed by atoms with Gasteiger partial charge in [0.05, 0.1) is 0 Å². The van der Waals surface area contributed by atoms with E-state index in [0.29, 0.717) is 0 Å². The van der Waals surface area contributed by atoms with Crippen LogP contribution in [0, 0.1) is 0 Å². The zero-order valence-electron chi connectivity index (χ0n) is 4.52. The summed E-state index contributed by atoms with van der Waals surface area (Å²) in [5, 5.41) is 6.50. The maximum absolute atomic E-state index is 8.74. The van der Waals surface area contributed by atoms with Gasteiger partial charge in [-0.05, 0) is 0 Å². The van der Waals surface area contributed by atoms with Crippen LogP contribution in [-0.2, 0) is 10.4 Å². The zero-order valence-corrected chi connectivity index (χ0v) is 10.0. The first-order valence-corrected chi connectivity index (χ1v) is 2.35. The Morgan fingerprint density at radius 1 is 1.11 bits per heavy atom. The molecule has 0 unspecified atom stereocenters. The Morgan fingerprint density at radius 2 is 1.11 bits per heavy atom. The largest absolute Gasteiger partial charge is 1.00 e. The van der Waals surface area contributed by atoms with E-state index in [2.05, 4.69) is 5.90 Å². The fourth-order valence-corrected chi connectivity index (χ4v) is 0. The van der Waals surface area contributed by atoms with Crippen molar-refractivity contribution in [1.82, 2.24) is 0 Å². The van der Waals surface area contributed by atoms with Crippen molar-refractivity contribution < 1.29 is 91.1 Å². The molecule has 5 N–H and O–H groups in total. The average molecular weight is 250 g/mol. The number of rotatable bonds is 0. The summed E-state index contributed by atoms with van der Waals surface area (Å²) < 4.78 is 31.6. The van der Waals surface area contributed by atoms with E-state index in [0.717, 1.165) is 0 Å². The minimum atomic E-state index is -4.67. The van der Waals surface area contributed by atoms with Gasteiger partial charge in [0.25, 0.3) is 0 Å². The van der Waals surface area contributed by atoms with Crippen LogP contribution in [-0.4, -0.2) is 22.7 Å². The van der Waals surface area contributed by atoms with Crippen molar-refractivity contribution in [2.75, 3.05) is 0 Å². The molecule has 0 amide bonds. The molecule has 54 valence electrons. The van der Waals surface area contributed by atoms with Crippen molar-refractivity contribution in [2.24, 2.45) is 5.90 Å². The molecule has 0 saturated heterocycles. The monoisotopic (exact) mass is 249 g/mol. The summed E-state index contributed by atoms with van der Waals surface area (Å²) in [5.74, 6) is 3.50. The standard InChI is InChI=1S/BrH.K.H3NO.H2O4S/c;;1-2;1-5(2,3)4/h1H;;2H,1H2;(H2,1,2,3,4)/q;+1;;/p-1. The zero-order chi connectivity index (χ0) is 6.50. The molecule has 0 saturated carbocycles. The van der Waals surface area contributed by atoms with Gasteiger partial charge in [-0.15, -0.1) is 0 Å². The molecule has 6 nitrogen and oxygen atoms in total. The van der Waals surface area contributed by atoms with Gasteiger partial charge in [-0.1, -0.05) is 0 Å². The van der Waals surface area contributed by atoms with Crippen LogP contribution in [0.15, 0.2) is 0 Å². The van der Waals surface area contributed by atoms with Gasteiger partial charge in [-0.25, -0.2) is 5.90 Å². The van der Waals surface area contributed by atoms with Crippen LogP contribution in [0.1, 0.15) is 0 Å². The summed E-state index contributed by atoms with van der Waals surface area (Å²) in [6, 6.07) is 0. The fraction of sp³-hybridized carbons (Fsp3) is 0. The van der Waals surface area contributed by atoms with Crippen LogP contribution in [0.3, 0.4) is 0 Å². The normalized spacial score (nSPS) is 7.11. The molecule has 0 spiro atoms. The van der Waals surface area contributed by atoms with E-state index in [4.69, 9.17) is 22.7 Å². The van der Waals surface area contributed by atoms with Gasteiger partial charge in [0.1, 0.15) is 0 Å². The molecule has 9 heavy (non-hydrogen) atoms. The molecule has 0 aliphatic rings. The summed E-state index contributed by atoms with van der Waals surface area (Å²) in [4.78, 5) is 0. The molecule has 0 radical (unpaired) electrons. The molecule has 0 fully saturated rings. The van der Waals surface area contributed by atoms with E-state index >= 15 is 0 Å². The Balaban J connectivity index is -0.0000000286. The molecule has 0 atom stereocenters. The summed E-state index contributed by atoms with van der Waals surface area (Å²) in [7, 11) is -4.67. The molecule has 9 heteroatoms. The quantitative estimate of drug-likeness (QED) is 0.192. The third kappa shape index (κ3) is 170. The maximum atomic E-state index is 8.74. The van der Waals surface area contributed by atoms with Gasteiger partial charge >= 0.3 is 61.8 Å². The average Bonchev–Trinajstić information content (AvgIpc) is 1.36. The fourth-order valence-electron chi connectivity index (χ4n) is 0. The molecular formula is H5BrKNO5S. The summed E-state index contributed by atoms with van der Waals surface area (Å²) in [5.41, 5.74) is 0. The second-order valence-corrected chi connectivity index (χ2v) is 1.34. The van der Waals surface area contributed by atoms with Gasteiger partial charge < -0.3 is 22.2 Å². The summed E-state index contributed by atoms with van der Waals surface area (Å²) >= 11 is 0. The first-order valence-electron chi connectivity index (χ1n) is 0.957. The van der Waals surface area contributed by atoms with E-state index in [9.17, 15) is 0 Å². The molecule has 0 heterocycles. The Hall–Kier alpha value is 1.91. The van der Waals surface area contributed by atoms with Gasteiger partial charge in [0, 0.05) is 0 Å². The van der Waals surface area contributed by atoms with E-state index in [1.807, 2.05) is 0 Å². The summed E-state index contributed by atoms with van der Waals surface area (Å²) in [6.07, 6.45) is 0. The van der Waals surface area contributed by atoms with Crippen molar-refractivity contribution in [3.05, 3.63) is 0 Å². The van der Waals surface area contributed by atoms with Gasteiger partial charge in [-0.2, -0.15) is 8.42 Å². The Morgan fingerprint density at radius 3 is 1.11 bits per heavy atom. The van der Waals surface area contributed by atoms with E-state index in [-0.39, 0.29) is 68.4 Å². The van der Waals surface area contributed by atoms with Crippen LogP contribution in [0.25, 0.3) is 0 Å². The number of nitrogens with two attached hydrogens (primary N) is 1. The Bertz CT molecular complexity index is 100. The van der Waals surface area contributed by atoms with Crippen molar-refractivity contribution in [1.29, 1.82) is 0 Å². The van der Waals surface area contributed by atoms with E-state index < -0.39 is 10.4 Å². The molecule has 0 bridgehead atoms. The van der Waals surface area contributed by atoms with Crippen LogP contribution in [0.5, 0.6) is 0 Å². The van der Waals surface area contributed by atoms with Crippen LogP contribution < -0.4 is 74.3 Å². The number of halogens is 1. The van der Waals surface area contributed by atoms with E-state index in [1.165, 1.54) is 0 Å². The van der Waals surface area contributed by atoms with Crippen LogP contribution in [0.4, 0.5) is 0 Å². The molecule has 0 aromatic heterocycles. The third-order valence-corrected chi connectivity index (χ3v) is 0. The summed E-state index contributed by atoms with van der Waals surface area (Å²) in [6.45, 7) is 0. The maximum Gasteiger partial charge on any atom is 1.00 e. The topological polar surface area (TPSA) is 121 Å². The van der Waals surface area contributed by atoms with E-state index in [1.54, 1.807) is 0 Å². The molecule has 0 rings (SSSR count). The Labute approximate surface area is 106 Å². The van der Waals surface area contributed by atoms with Gasteiger partial charge in [0.15, 0.2) is 0 Å². The first-order chi connectivity index (χ1) is 3.00. The molecule has 0 aromatic carbocycles. The second-order valence-electron chi connectivity index (χ2n) is 0.448. The molecule has 0 aliphatic carbocycles. The van der Waals surface area contributed by atoms with Crippen molar-refractivity contribution >= 4 is 10.4 Å².